The number of aromatic nitrogens is 4. The van der Waals surface area contributed by atoms with Gasteiger partial charge in [-0.2, -0.15) is 10.2 Å². The maximum atomic E-state index is 12.4. The molecule has 1 aliphatic rings. The van der Waals surface area contributed by atoms with E-state index in [9.17, 15) is 4.79 Å². The zero-order chi connectivity index (χ0) is 16.4. The number of hydrogen-bond acceptors (Lipinski definition) is 5. The Hall–Kier alpha value is -2.35. The normalized spacial score (nSPS) is 20.7. The third kappa shape index (κ3) is 3.21. The molecule has 0 bridgehead atoms. The summed E-state index contributed by atoms with van der Waals surface area (Å²) >= 11 is 0. The summed E-state index contributed by atoms with van der Waals surface area (Å²) in [5.74, 6) is 0.452. The molecule has 8 nitrogen and oxygen atoms in total. The molecule has 3 rings (SSSR count). The van der Waals surface area contributed by atoms with Gasteiger partial charge in [0.25, 0.3) is 5.91 Å². The summed E-state index contributed by atoms with van der Waals surface area (Å²) in [4.78, 5) is 12.4. The summed E-state index contributed by atoms with van der Waals surface area (Å²) < 4.78 is 13.1. The lowest BCUT2D eigenvalue weighted by atomic mass is 10.1. The SMILES string of the molecule is CCn1cc(O[C@@H]2COC[C@@H]2NC(=O)c2n[nH]c(C)c2C)cn1. The monoisotopic (exact) mass is 319 g/mol. The van der Waals surface area contributed by atoms with Gasteiger partial charge in [-0.25, -0.2) is 0 Å². The van der Waals surface area contributed by atoms with E-state index in [0.717, 1.165) is 17.8 Å². The highest BCUT2D eigenvalue weighted by atomic mass is 16.5. The molecule has 0 radical (unpaired) electrons. The maximum Gasteiger partial charge on any atom is 0.272 e. The largest absolute Gasteiger partial charge is 0.482 e. The van der Waals surface area contributed by atoms with Crippen molar-refractivity contribution in [1.82, 2.24) is 25.3 Å². The molecule has 1 aliphatic heterocycles. The molecule has 0 spiro atoms. The third-order valence-corrected chi connectivity index (χ3v) is 4.03. The number of carbonyl (C=O) groups excluding carboxylic acids is 1. The molecular weight excluding hydrogens is 298 g/mol. The predicted octanol–water partition coefficient (Wildman–Crippen LogP) is 0.819. The number of aromatic amines is 1. The van der Waals surface area contributed by atoms with Crippen molar-refractivity contribution < 1.29 is 14.3 Å². The molecule has 2 atom stereocenters. The molecule has 23 heavy (non-hydrogen) atoms. The molecule has 0 aliphatic carbocycles. The summed E-state index contributed by atoms with van der Waals surface area (Å²) in [5.41, 5.74) is 2.15. The van der Waals surface area contributed by atoms with Crippen LogP contribution in [0.4, 0.5) is 0 Å². The van der Waals surface area contributed by atoms with Crippen LogP contribution in [-0.4, -0.2) is 51.2 Å². The highest BCUT2D eigenvalue weighted by molar-refractivity contribution is 5.94. The van der Waals surface area contributed by atoms with Gasteiger partial charge in [0.05, 0.1) is 31.6 Å². The van der Waals surface area contributed by atoms with Crippen LogP contribution in [0, 0.1) is 13.8 Å². The van der Waals surface area contributed by atoms with E-state index in [2.05, 4.69) is 20.6 Å². The van der Waals surface area contributed by atoms with Crippen molar-refractivity contribution in [2.45, 2.75) is 39.5 Å². The Kier molecular flexibility index (Phi) is 4.33. The Labute approximate surface area is 134 Å². The minimum atomic E-state index is -0.242. The fourth-order valence-corrected chi connectivity index (χ4v) is 2.48. The molecule has 0 aromatic carbocycles. The Morgan fingerprint density at radius 2 is 2.35 bits per heavy atom. The van der Waals surface area contributed by atoms with E-state index in [1.165, 1.54) is 0 Å². The van der Waals surface area contributed by atoms with Gasteiger partial charge >= 0.3 is 0 Å². The van der Waals surface area contributed by atoms with Crippen LogP contribution < -0.4 is 10.1 Å². The van der Waals surface area contributed by atoms with Crippen LogP contribution >= 0.6 is 0 Å². The van der Waals surface area contributed by atoms with Crippen LogP contribution in [0.3, 0.4) is 0 Å². The standard InChI is InChI=1S/C15H21N5O3/c1-4-20-6-11(5-16-20)23-13-8-22-7-12(13)17-15(21)14-9(2)10(3)18-19-14/h5-6,12-13H,4,7-8H2,1-3H3,(H,17,21)(H,18,19)/t12-,13+/m0/s1. The lowest BCUT2D eigenvalue weighted by Gasteiger charge is -2.19. The van der Waals surface area contributed by atoms with Crippen LogP contribution in [0.15, 0.2) is 12.4 Å². The minimum Gasteiger partial charge on any atom is -0.482 e. The smallest absolute Gasteiger partial charge is 0.272 e. The van der Waals surface area contributed by atoms with Crippen molar-refractivity contribution >= 4 is 5.91 Å². The van der Waals surface area contributed by atoms with E-state index in [-0.39, 0.29) is 18.1 Å². The van der Waals surface area contributed by atoms with Crippen molar-refractivity contribution in [2.24, 2.45) is 0 Å². The van der Waals surface area contributed by atoms with Crippen LogP contribution in [0.1, 0.15) is 28.7 Å². The topological polar surface area (TPSA) is 94.1 Å². The first kappa shape index (κ1) is 15.5. The van der Waals surface area contributed by atoms with Gasteiger partial charge in [-0.1, -0.05) is 0 Å². The van der Waals surface area contributed by atoms with E-state index >= 15 is 0 Å². The molecule has 1 saturated heterocycles. The number of H-pyrrole nitrogens is 1. The summed E-state index contributed by atoms with van der Waals surface area (Å²) in [6, 6.07) is -0.219. The first-order valence-corrected chi connectivity index (χ1v) is 7.67. The summed E-state index contributed by atoms with van der Waals surface area (Å²) in [6.45, 7) is 7.39. The summed E-state index contributed by atoms with van der Waals surface area (Å²) in [7, 11) is 0. The predicted molar refractivity (Wildman–Crippen MR) is 82.5 cm³/mol. The number of nitrogens with one attached hydrogen (secondary N) is 2. The number of amides is 1. The van der Waals surface area contributed by atoms with Gasteiger partial charge in [0.2, 0.25) is 0 Å². The second kappa shape index (κ2) is 6.41. The Bertz CT molecular complexity index is 693. The second-order valence-corrected chi connectivity index (χ2v) is 5.63. The van der Waals surface area contributed by atoms with Gasteiger partial charge in [0.15, 0.2) is 11.4 Å². The van der Waals surface area contributed by atoms with Gasteiger partial charge in [-0.15, -0.1) is 0 Å². The van der Waals surface area contributed by atoms with Crippen LogP contribution in [0.25, 0.3) is 0 Å². The van der Waals surface area contributed by atoms with Gasteiger partial charge in [-0.3, -0.25) is 14.6 Å². The van der Waals surface area contributed by atoms with E-state index in [1.807, 2.05) is 27.0 Å². The second-order valence-electron chi connectivity index (χ2n) is 5.63. The van der Waals surface area contributed by atoms with E-state index in [0.29, 0.717) is 24.7 Å². The molecule has 124 valence electrons. The number of nitrogens with zero attached hydrogens (tertiary/aromatic N) is 3. The molecular formula is C15H21N5O3. The van der Waals surface area contributed by atoms with Crippen LogP contribution in [0.2, 0.25) is 0 Å². The molecule has 2 aromatic heterocycles. The zero-order valence-electron chi connectivity index (χ0n) is 13.5. The molecule has 0 saturated carbocycles. The quantitative estimate of drug-likeness (QED) is 0.851. The fourth-order valence-electron chi connectivity index (χ4n) is 2.48. The molecule has 8 heteroatoms. The fraction of sp³-hybridized carbons (Fsp3) is 0.533. The van der Waals surface area contributed by atoms with E-state index in [4.69, 9.17) is 9.47 Å². The maximum absolute atomic E-state index is 12.4. The van der Waals surface area contributed by atoms with Crippen molar-refractivity contribution in [3.8, 4) is 5.75 Å². The number of hydrogen-bond donors (Lipinski definition) is 2. The number of rotatable bonds is 5. The molecule has 2 N–H and O–H groups in total. The van der Waals surface area contributed by atoms with E-state index < -0.39 is 0 Å². The van der Waals surface area contributed by atoms with Crippen molar-refractivity contribution in [3.63, 3.8) is 0 Å². The van der Waals surface area contributed by atoms with Crippen molar-refractivity contribution in [1.29, 1.82) is 0 Å². The number of ether oxygens (including phenoxy) is 2. The highest BCUT2D eigenvalue weighted by Crippen LogP contribution is 2.17. The summed E-state index contributed by atoms with van der Waals surface area (Å²) in [6.07, 6.45) is 3.26. The summed E-state index contributed by atoms with van der Waals surface area (Å²) in [5, 5.41) is 14.0. The molecule has 3 heterocycles. The van der Waals surface area contributed by atoms with Crippen LogP contribution in [0.5, 0.6) is 5.75 Å². The Morgan fingerprint density at radius 1 is 1.52 bits per heavy atom. The highest BCUT2D eigenvalue weighted by Gasteiger charge is 2.32. The minimum absolute atomic E-state index is 0.219. The van der Waals surface area contributed by atoms with E-state index in [1.54, 1.807) is 10.9 Å². The molecule has 0 unspecified atom stereocenters. The van der Waals surface area contributed by atoms with Crippen molar-refractivity contribution in [3.05, 3.63) is 29.3 Å². The van der Waals surface area contributed by atoms with Gasteiger partial charge in [0.1, 0.15) is 6.10 Å². The van der Waals surface area contributed by atoms with Gasteiger partial charge < -0.3 is 14.8 Å². The average Bonchev–Trinajstić information content (AvgIpc) is 3.23. The molecule has 2 aromatic rings. The number of aryl methyl sites for hydroxylation is 2. The average molecular weight is 319 g/mol. The number of carbonyl (C=O) groups is 1. The third-order valence-electron chi connectivity index (χ3n) is 4.03. The first-order valence-electron chi connectivity index (χ1n) is 7.67. The first-order chi connectivity index (χ1) is 11.1. The van der Waals surface area contributed by atoms with Crippen LogP contribution in [-0.2, 0) is 11.3 Å². The molecule has 1 fully saturated rings. The lowest BCUT2D eigenvalue weighted by molar-refractivity contribution is 0.0898. The van der Waals surface area contributed by atoms with Gasteiger partial charge in [-0.05, 0) is 20.8 Å². The molecule has 1 amide bonds. The zero-order valence-corrected chi connectivity index (χ0v) is 13.5. The lowest BCUT2D eigenvalue weighted by Crippen LogP contribution is -2.45. The van der Waals surface area contributed by atoms with Gasteiger partial charge in [0, 0.05) is 17.8 Å². The Morgan fingerprint density at radius 3 is 3.00 bits per heavy atom. The Balaban J connectivity index is 1.64. The van der Waals surface area contributed by atoms with Crippen molar-refractivity contribution in [2.75, 3.05) is 13.2 Å².